The van der Waals surface area contributed by atoms with Gasteiger partial charge in [0.05, 0.1) is 5.56 Å². The lowest BCUT2D eigenvalue weighted by Gasteiger charge is -2.15. The van der Waals surface area contributed by atoms with Crippen LogP contribution < -0.4 is 4.74 Å². The summed E-state index contributed by atoms with van der Waals surface area (Å²) in [4.78, 5) is 4.19. The summed E-state index contributed by atoms with van der Waals surface area (Å²) < 4.78 is 20.0. The largest absolute Gasteiger partial charge is 0.488 e. The summed E-state index contributed by atoms with van der Waals surface area (Å²) in [5.41, 5.74) is 3.98. The van der Waals surface area contributed by atoms with Gasteiger partial charge in [-0.05, 0) is 48.1 Å². The van der Waals surface area contributed by atoms with Gasteiger partial charge in [0.1, 0.15) is 24.2 Å². The van der Waals surface area contributed by atoms with Crippen molar-refractivity contribution in [1.82, 2.24) is 4.98 Å². The van der Waals surface area contributed by atoms with Crippen molar-refractivity contribution in [3.8, 4) is 22.9 Å². The van der Waals surface area contributed by atoms with Gasteiger partial charge < -0.3 is 4.74 Å². The number of nitrogens with zero attached hydrogens (tertiary/aromatic N) is 2. The van der Waals surface area contributed by atoms with Crippen LogP contribution in [0.15, 0.2) is 60.9 Å². The van der Waals surface area contributed by atoms with Gasteiger partial charge in [-0.1, -0.05) is 30.3 Å². The zero-order chi connectivity index (χ0) is 17.9. The fourth-order valence-corrected chi connectivity index (χ4v) is 3.16. The lowest BCUT2D eigenvalue weighted by molar-refractivity contribution is 0.307. The van der Waals surface area contributed by atoms with Crippen molar-refractivity contribution in [2.24, 2.45) is 0 Å². The molecule has 0 N–H and O–H groups in total. The Morgan fingerprint density at radius 3 is 2.62 bits per heavy atom. The van der Waals surface area contributed by atoms with Crippen LogP contribution in [0.2, 0.25) is 0 Å². The molecule has 1 fully saturated rings. The standard InChI is InChI=1S/C22H17FN2O/c23-18-8-9-21(26-14-15-4-2-1-3-5-15)19(10-18)20-13-25-12-17(11-24)22(20)16-6-7-16/h1-5,8-10,12-13,16H,6-7,14H2. The van der Waals surface area contributed by atoms with Gasteiger partial charge in [-0.2, -0.15) is 5.26 Å². The van der Waals surface area contributed by atoms with Gasteiger partial charge in [-0.3, -0.25) is 4.98 Å². The van der Waals surface area contributed by atoms with Crippen molar-refractivity contribution in [1.29, 1.82) is 5.26 Å². The Morgan fingerprint density at radius 2 is 1.88 bits per heavy atom. The number of halogens is 1. The third-order valence-corrected chi connectivity index (χ3v) is 4.56. The minimum atomic E-state index is -0.337. The predicted molar refractivity (Wildman–Crippen MR) is 97.1 cm³/mol. The minimum absolute atomic E-state index is 0.337. The number of benzene rings is 2. The number of aromatic nitrogens is 1. The molecule has 0 atom stereocenters. The van der Waals surface area contributed by atoms with Crippen molar-refractivity contribution >= 4 is 0 Å². The summed E-state index contributed by atoms with van der Waals surface area (Å²) in [6.07, 6.45) is 5.38. The van der Waals surface area contributed by atoms with Crippen LogP contribution in [-0.4, -0.2) is 4.98 Å². The Bertz CT molecular complexity index is 975. The normalized spacial score (nSPS) is 13.2. The summed E-state index contributed by atoms with van der Waals surface area (Å²) in [5, 5.41) is 9.45. The lowest BCUT2D eigenvalue weighted by Crippen LogP contribution is -2.00. The Labute approximate surface area is 151 Å². The Balaban J connectivity index is 1.75. The third-order valence-electron chi connectivity index (χ3n) is 4.56. The Kier molecular flexibility index (Phi) is 4.37. The molecule has 1 saturated carbocycles. The van der Waals surface area contributed by atoms with E-state index in [2.05, 4.69) is 11.1 Å². The van der Waals surface area contributed by atoms with Crippen LogP contribution in [0.25, 0.3) is 11.1 Å². The van der Waals surface area contributed by atoms with Crippen LogP contribution in [0.3, 0.4) is 0 Å². The molecule has 0 unspecified atom stereocenters. The van der Waals surface area contributed by atoms with E-state index < -0.39 is 0 Å². The molecule has 1 aromatic heterocycles. The van der Waals surface area contributed by atoms with Gasteiger partial charge >= 0.3 is 0 Å². The highest BCUT2D eigenvalue weighted by molar-refractivity contribution is 5.75. The SMILES string of the molecule is N#Cc1cncc(-c2cc(F)ccc2OCc2ccccc2)c1C1CC1. The number of ether oxygens (including phenoxy) is 1. The zero-order valence-corrected chi connectivity index (χ0v) is 14.2. The topological polar surface area (TPSA) is 45.9 Å². The van der Waals surface area contributed by atoms with Crippen molar-refractivity contribution in [3.05, 3.63) is 83.4 Å². The van der Waals surface area contributed by atoms with Crippen molar-refractivity contribution in [2.45, 2.75) is 25.4 Å². The van der Waals surface area contributed by atoms with E-state index in [9.17, 15) is 9.65 Å². The molecule has 26 heavy (non-hydrogen) atoms. The second-order valence-electron chi connectivity index (χ2n) is 6.45. The van der Waals surface area contributed by atoms with Gasteiger partial charge in [-0.25, -0.2) is 4.39 Å². The van der Waals surface area contributed by atoms with Crippen molar-refractivity contribution in [2.75, 3.05) is 0 Å². The van der Waals surface area contributed by atoms with E-state index in [1.807, 2.05) is 30.3 Å². The van der Waals surface area contributed by atoms with Crippen molar-refractivity contribution in [3.63, 3.8) is 0 Å². The molecule has 0 aliphatic heterocycles. The first-order valence-corrected chi connectivity index (χ1v) is 8.61. The van der Waals surface area contributed by atoms with E-state index in [0.717, 1.165) is 29.5 Å². The zero-order valence-electron chi connectivity index (χ0n) is 14.2. The number of nitriles is 1. The molecule has 0 radical (unpaired) electrons. The summed E-state index contributed by atoms with van der Waals surface area (Å²) in [5.74, 6) is 0.595. The van der Waals surface area contributed by atoms with Gasteiger partial charge in [0, 0.05) is 23.5 Å². The molecule has 1 aliphatic carbocycles. The molecular weight excluding hydrogens is 327 g/mol. The molecule has 4 rings (SSSR count). The van der Waals surface area contributed by atoms with E-state index in [4.69, 9.17) is 4.74 Å². The molecule has 3 aromatic rings. The second-order valence-corrected chi connectivity index (χ2v) is 6.45. The molecule has 0 saturated heterocycles. The van der Waals surface area contributed by atoms with Gasteiger partial charge in [-0.15, -0.1) is 0 Å². The quantitative estimate of drug-likeness (QED) is 0.638. The molecule has 1 heterocycles. The number of pyridine rings is 1. The van der Waals surface area contributed by atoms with Crippen LogP contribution in [-0.2, 0) is 6.61 Å². The predicted octanol–water partition coefficient (Wildman–Crippen LogP) is 5.22. The lowest BCUT2D eigenvalue weighted by atomic mass is 9.94. The average molecular weight is 344 g/mol. The fourth-order valence-electron chi connectivity index (χ4n) is 3.16. The number of hydrogen-bond acceptors (Lipinski definition) is 3. The highest BCUT2D eigenvalue weighted by Gasteiger charge is 2.30. The fraction of sp³-hybridized carbons (Fsp3) is 0.182. The van der Waals surface area contributed by atoms with Crippen LogP contribution in [0.4, 0.5) is 4.39 Å². The molecule has 0 spiro atoms. The first-order valence-electron chi connectivity index (χ1n) is 8.61. The Hall–Kier alpha value is -3.19. The van der Waals surface area contributed by atoms with E-state index >= 15 is 0 Å². The van der Waals surface area contributed by atoms with E-state index in [-0.39, 0.29) is 5.82 Å². The summed E-state index contributed by atoms with van der Waals surface area (Å²) in [6, 6.07) is 16.5. The number of rotatable bonds is 5. The third kappa shape index (κ3) is 3.29. The summed E-state index contributed by atoms with van der Waals surface area (Å²) in [7, 11) is 0. The molecule has 3 nitrogen and oxygen atoms in total. The van der Waals surface area contributed by atoms with Gasteiger partial charge in [0.2, 0.25) is 0 Å². The van der Waals surface area contributed by atoms with E-state index in [0.29, 0.717) is 29.4 Å². The number of hydrogen-bond donors (Lipinski definition) is 0. The molecule has 0 amide bonds. The first kappa shape index (κ1) is 16.3. The van der Waals surface area contributed by atoms with Gasteiger partial charge in [0.25, 0.3) is 0 Å². The van der Waals surface area contributed by atoms with Gasteiger partial charge in [0.15, 0.2) is 0 Å². The maximum Gasteiger partial charge on any atom is 0.127 e. The minimum Gasteiger partial charge on any atom is -0.488 e. The van der Waals surface area contributed by atoms with E-state index in [1.54, 1.807) is 18.5 Å². The highest BCUT2D eigenvalue weighted by atomic mass is 19.1. The molecule has 4 heteroatoms. The first-order chi connectivity index (χ1) is 12.8. The van der Waals surface area contributed by atoms with Crippen molar-refractivity contribution < 1.29 is 9.13 Å². The molecule has 1 aliphatic rings. The molecule has 2 aromatic carbocycles. The van der Waals surface area contributed by atoms with Crippen LogP contribution in [0, 0.1) is 17.1 Å². The molecule has 0 bridgehead atoms. The summed E-state index contributed by atoms with van der Waals surface area (Å²) in [6.45, 7) is 0.392. The maximum atomic E-state index is 14.0. The molecule has 128 valence electrons. The monoisotopic (exact) mass is 344 g/mol. The second kappa shape index (κ2) is 6.97. The van der Waals surface area contributed by atoms with Crippen LogP contribution >= 0.6 is 0 Å². The highest BCUT2D eigenvalue weighted by Crippen LogP contribution is 2.47. The Morgan fingerprint density at radius 1 is 1.08 bits per heavy atom. The average Bonchev–Trinajstić information content (AvgIpc) is 3.52. The summed E-state index contributed by atoms with van der Waals surface area (Å²) >= 11 is 0. The maximum absolute atomic E-state index is 14.0. The smallest absolute Gasteiger partial charge is 0.127 e. The van der Waals surface area contributed by atoms with E-state index in [1.165, 1.54) is 12.1 Å². The van der Waals surface area contributed by atoms with Crippen LogP contribution in [0.5, 0.6) is 5.75 Å². The van der Waals surface area contributed by atoms with Crippen LogP contribution in [0.1, 0.15) is 35.4 Å². The molecular formula is C22H17FN2O.